The lowest BCUT2D eigenvalue weighted by molar-refractivity contribution is -0.148. The predicted octanol–water partition coefficient (Wildman–Crippen LogP) is 2.80. The van der Waals surface area contributed by atoms with E-state index in [1.165, 1.54) is 22.7 Å². The first-order valence-electron chi connectivity index (χ1n) is 16.2. The zero-order valence-electron chi connectivity index (χ0n) is 28.1. The molecule has 0 bridgehead atoms. The molecule has 1 fully saturated rings. The van der Waals surface area contributed by atoms with Crippen LogP contribution in [0.2, 0.25) is 0 Å². The molecule has 0 spiro atoms. The molecule has 50 heavy (non-hydrogen) atoms. The molecule has 1 saturated heterocycles. The van der Waals surface area contributed by atoms with E-state index >= 15 is 0 Å². The number of aliphatic hydroxyl groups is 1. The van der Waals surface area contributed by atoms with Crippen LogP contribution in [0.5, 0.6) is 0 Å². The fourth-order valence-corrected chi connectivity index (χ4v) is 7.11. The molecule has 1 aliphatic heterocycles. The lowest BCUT2D eigenvalue weighted by atomic mass is 9.96. The molecule has 1 aromatic heterocycles. The van der Waals surface area contributed by atoms with Crippen LogP contribution in [0.4, 0.5) is 0 Å². The third-order valence-electron chi connectivity index (χ3n) is 8.73. The Hall–Kier alpha value is -5.14. The number of furan rings is 1. The molecule has 13 heteroatoms. The molecule has 3 aromatic carbocycles. The van der Waals surface area contributed by atoms with Crippen LogP contribution < -0.4 is 21.7 Å². The minimum atomic E-state index is -1.79. The average Bonchev–Trinajstić information content (AvgIpc) is 3.67. The highest BCUT2D eigenvalue weighted by atomic mass is 32.2. The first-order valence-corrected chi connectivity index (χ1v) is 17.2. The number of para-hydroxylation sites is 1. The van der Waals surface area contributed by atoms with Gasteiger partial charge in [0.2, 0.25) is 17.7 Å². The Labute approximate surface area is 294 Å². The van der Waals surface area contributed by atoms with Crippen LogP contribution in [0.3, 0.4) is 0 Å². The maximum absolute atomic E-state index is 14.1. The topological polar surface area (TPSA) is 184 Å². The SMILES string of the molecule is Cc1ccccc1CNC(=O)[C@H]1N(C(=O)[C@@H](O)[C@H](Cc2ccccc2)NC(=O)[C@H](CC(N)=O)NC(=O)c2cc3ccccc3o2)CSC1(C)C. The smallest absolute Gasteiger partial charge is 0.287 e. The molecule has 0 unspecified atom stereocenters. The van der Waals surface area contributed by atoms with Gasteiger partial charge in [-0.15, -0.1) is 11.8 Å². The van der Waals surface area contributed by atoms with Crippen molar-refractivity contribution in [1.82, 2.24) is 20.9 Å². The van der Waals surface area contributed by atoms with Gasteiger partial charge in [-0.3, -0.25) is 24.0 Å². The van der Waals surface area contributed by atoms with Gasteiger partial charge >= 0.3 is 0 Å². The molecule has 1 aliphatic rings. The number of rotatable bonds is 13. The summed E-state index contributed by atoms with van der Waals surface area (Å²) in [5.41, 5.74) is 8.56. The quantitative estimate of drug-likeness (QED) is 0.141. The molecule has 2 heterocycles. The zero-order chi connectivity index (χ0) is 36.0. The number of nitrogens with one attached hydrogen (secondary N) is 3. The molecule has 262 valence electrons. The van der Waals surface area contributed by atoms with Crippen molar-refractivity contribution in [3.63, 3.8) is 0 Å². The fraction of sp³-hybridized carbons (Fsp3) is 0.324. The highest BCUT2D eigenvalue weighted by Gasteiger charge is 2.50. The zero-order valence-corrected chi connectivity index (χ0v) is 28.9. The number of carbonyl (C=O) groups excluding carboxylic acids is 5. The molecule has 4 atom stereocenters. The van der Waals surface area contributed by atoms with Crippen molar-refractivity contribution in [2.75, 3.05) is 5.88 Å². The minimum absolute atomic E-state index is 0.0226. The van der Waals surface area contributed by atoms with Gasteiger partial charge in [0, 0.05) is 16.7 Å². The standard InChI is InChI=1S/C37H41N5O7S/c1-22-11-7-8-15-25(22)20-39-35(47)32-37(2,3)50-21-42(32)36(48)31(44)26(17-23-12-5-4-6-13-23)40-33(45)27(19-30(38)43)41-34(46)29-18-24-14-9-10-16-28(24)49-29/h4-16,18,26-27,31-32,44H,17,19-21H2,1-3H3,(H2,38,43)(H,39,47)(H,40,45)(H,41,46)/t26-,27-,31-,32+/m0/s1. The third kappa shape index (κ3) is 8.52. The van der Waals surface area contributed by atoms with E-state index in [-0.39, 0.29) is 30.5 Å². The van der Waals surface area contributed by atoms with Gasteiger partial charge in [0.15, 0.2) is 11.9 Å². The van der Waals surface area contributed by atoms with Gasteiger partial charge in [-0.05, 0) is 56.0 Å². The highest BCUT2D eigenvalue weighted by molar-refractivity contribution is 8.00. The molecule has 5 rings (SSSR count). The highest BCUT2D eigenvalue weighted by Crippen LogP contribution is 2.40. The van der Waals surface area contributed by atoms with E-state index in [1.54, 1.807) is 54.6 Å². The summed E-state index contributed by atoms with van der Waals surface area (Å²) in [6, 6.07) is 21.5. The van der Waals surface area contributed by atoms with Gasteiger partial charge in [0.25, 0.3) is 11.8 Å². The van der Waals surface area contributed by atoms with Crippen molar-refractivity contribution in [2.45, 2.75) is 69.1 Å². The predicted molar refractivity (Wildman–Crippen MR) is 190 cm³/mol. The Morgan fingerprint density at radius 1 is 0.980 bits per heavy atom. The van der Waals surface area contributed by atoms with Crippen LogP contribution in [0.15, 0.2) is 89.3 Å². The largest absolute Gasteiger partial charge is 0.451 e. The van der Waals surface area contributed by atoms with Gasteiger partial charge in [0.1, 0.15) is 17.7 Å². The Morgan fingerprint density at radius 2 is 1.66 bits per heavy atom. The summed E-state index contributed by atoms with van der Waals surface area (Å²) in [5, 5.41) is 20.4. The maximum atomic E-state index is 14.1. The average molecular weight is 700 g/mol. The Morgan fingerprint density at radius 3 is 2.36 bits per heavy atom. The van der Waals surface area contributed by atoms with E-state index in [4.69, 9.17) is 10.2 Å². The number of hydrogen-bond donors (Lipinski definition) is 5. The number of thioether (sulfide) groups is 1. The fourth-order valence-electron chi connectivity index (χ4n) is 5.97. The number of hydrogen-bond acceptors (Lipinski definition) is 8. The summed E-state index contributed by atoms with van der Waals surface area (Å²) >= 11 is 1.40. The number of nitrogens with zero attached hydrogens (tertiary/aromatic N) is 1. The van der Waals surface area contributed by atoms with Crippen molar-refractivity contribution in [3.05, 3.63) is 107 Å². The van der Waals surface area contributed by atoms with Crippen LogP contribution in [0, 0.1) is 6.92 Å². The summed E-state index contributed by atoms with van der Waals surface area (Å²) < 4.78 is 4.93. The Balaban J connectivity index is 1.35. The number of primary amides is 1. The lowest BCUT2D eigenvalue weighted by Gasteiger charge is -2.33. The van der Waals surface area contributed by atoms with E-state index in [1.807, 2.05) is 45.0 Å². The van der Waals surface area contributed by atoms with Crippen LogP contribution in [0.25, 0.3) is 11.0 Å². The summed E-state index contributed by atoms with van der Waals surface area (Å²) in [7, 11) is 0. The first-order chi connectivity index (χ1) is 23.8. The van der Waals surface area contributed by atoms with Crippen molar-refractivity contribution >= 4 is 52.3 Å². The molecule has 0 aliphatic carbocycles. The lowest BCUT2D eigenvalue weighted by Crippen LogP contribution is -2.60. The van der Waals surface area contributed by atoms with Gasteiger partial charge in [0.05, 0.1) is 18.3 Å². The third-order valence-corrected chi connectivity index (χ3v) is 10.1. The van der Waals surface area contributed by atoms with Gasteiger partial charge in [-0.2, -0.15) is 0 Å². The molecular weight excluding hydrogens is 659 g/mol. The number of nitrogens with two attached hydrogens (primary N) is 1. The monoisotopic (exact) mass is 699 g/mol. The van der Waals surface area contributed by atoms with Crippen LogP contribution in [-0.4, -0.2) is 74.4 Å². The minimum Gasteiger partial charge on any atom is -0.451 e. The van der Waals surface area contributed by atoms with E-state index in [0.717, 1.165) is 11.1 Å². The number of benzene rings is 3. The molecule has 4 aromatic rings. The second-order valence-corrected chi connectivity index (χ2v) is 14.4. The Kier molecular flexibility index (Phi) is 11.3. The van der Waals surface area contributed by atoms with E-state index in [0.29, 0.717) is 16.5 Å². The molecule has 12 nitrogen and oxygen atoms in total. The van der Waals surface area contributed by atoms with Crippen molar-refractivity contribution in [3.8, 4) is 0 Å². The summed E-state index contributed by atoms with van der Waals surface area (Å²) in [6.07, 6.45) is -2.32. The van der Waals surface area contributed by atoms with E-state index in [2.05, 4.69) is 16.0 Å². The van der Waals surface area contributed by atoms with Gasteiger partial charge < -0.3 is 36.1 Å². The summed E-state index contributed by atoms with van der Waals surface area (Å²) in [4.78, 5) is 67.9. The van der Waals surface area contributed by atoms with Gasteiger partial charge in [-0.1, -0.05) is 72.8 Å². The maximum Gasteiger partial charge on any atom is 0.287 e. The number of amides is 5. The summed E-state index contributed by atoms with van der Waals surface area (Å²) in [5.74, 6) is -3.53. The number of aryl methyl sites for hydroxylation is 1. The number of fused-ring (bicyclic) bond motifs is 1. The molecular formula is C37H41N5O7S. The summed E-state index contributed by atoms with van der Waals surface area (Å²) in [6.45, 7) is 5.93. The van der Waals surface area contributed by atoms with E-state index < -0.39 is 59.0 Å². The van der Waals surface area contributed by atoms with Crippen LogP contribution in [0.1, 0.15) is 47.5 Å². The number of aliphatic hydroxyl groups excluding tert-OH is 1. The Bertz CT molecular complexity index is 1850. The second kappa shape index (κ2) is 15.6. The molecule has 0 saturated carbocycles. The van der Waals surface area contributed by atoms with Crippen molar-refractivity contribution in [2.24, 2.45) is 5.73 Å². The van der Waals surface area contributed by atoms with E-state index in [9.17, 15) is 29.1 Å². The molecule has 0 radical (unpaired) electrons. The van der Waals surface area contributed by atoms with Gasteiger partial charge in [-0.25, -0.2) is 0 Å². The number of carbonyl (C=O) groups is 5. The van der Waals surface area contributed by atoms with Crippen molar-refractivity contribution < 1.29 is 33.5 Å². The second-order valence-electron chi connectivity index (χ2n) is 12.8. The molecule has 6 N–H and O–H groups in total. The van der Waals surface area contributed by atoms with Crippen LogP contribution in [-0.2, 0) is 32.1 Å². The normalized spacial score (nSPS) is 17.0. The first kappa shape index (κ1) is 36.1. The molecule has 5 amide bonds. The van der Waals surface area contributed by atoms with Crippen LogP contribution >= 0.6 is 11.8 Å². The van der Waals surface area contributed by atoms with Crippen molar-refractivity contribution in [1.29, 1.82) is 0 Å².